The molecule has 2 nitrogen and oxygen atoms in total. The zero-order chi connectivity index (χ0) is 11.8. The fraction of sp³-hybridized carbons (Fsp3) is 0.0714. The normalized spacial score (nSPS) is 10.9. The van der Waals surface area contributed by atoms with Gasteiger partial charge in [0.05, 0.1) is 11.0 Å². The van der Waals surface area contributed by atoms with Crippen molar-refractivity contribution in [2.75, 3.05) is 0 Å². The molecule has 0 bridgehead atoms. The molecule has 0 atom stereocenters. The topological polar surface area (TPSA) is 17.8 Å². The molecule has 0 aliphatic rings. The second-order valence-corrected chi connectivity index (χ2v) is 3.99. The quantitative estimate of drug-likeness (QED) is 0.622. The SMILES string of the molecule is Cn1c(-c2cccc(F)c2)nc2ccccc21. The average molecular weight is 226 g/mol. The lowest BCUT2D eigenvalue weighted by Crippen LogP contribution is -1.92. The maximum Gasteiger partial charge on any atom is 0.140 e. The van der Waals surface area contributed by atoms with Crippen molar-refractivity contribution in [1.82, 2.24) is 9.55 Å². The minimum Gasteiger partial charge on any atom is -0.327 e. The summed E-state index contributed by atoms with van der Waals surface area (Å²) in [4.78, 5) is 4.52. The highest BCUT2D eigenvalue weighted by Gasteiger charge is 2.09. The van der Waals surface area contributed by atoms with Crippen LogP contribution in [-0.4, -0.2) is 9.55 Å². The van der Waals surface area contributed by atoms with E-state index in [1.54, 1.807) is 6.07 Å². The number of para-hydroxylation sites is 2. The molecule has 3 heteroatoms. The third kappa shape index (κ3) is 1.60. The predicted octanol–water partition coefficient (Wildman–Crippen LogP) is 3.38. The number of aryl methyl sites for hydroxylation is 1. The summed E-state index contributed by atoms with van der Waals surface area (Å²) in [5.41, 5.74) is 2.77. The van der Waals surface area contributed by atoms with Gasteiger partial charge in [-0.1, -0.05) is 24.3 Å². The number of hydrogen-bond donors (Lipinski definition) is 0. The Morgan fingerprint density at radius 1 is 1.06 bits per heavy atom. The van der Waals surface area contributed by atoms with Crippen LogP contribution in [0, 0.1) is 5.82 Å². The Morgan fingerprint density at radius 3 is 2.65 bits per heavy atom. The molecule has 0 fully saturated rings. The third-order valence-electron chi connectivity index (χ3n) is 2.87. The summed E-state index contributed by atoms with van der Waals surface area (Å²) in [5.74, 6) is 0.542. The van der Waals surface area contributed by atoms with Gasteiger partial charge in [0, 0.05) is 12.6 Å². The Morgan fingerprint density at radius 2 is 1.88 bits per heavy atom. The van der Waals surface area contributed by atoms with Gasteiger partial charge in [0.2, 0.25) is 0 Å². The van der Waals surface area contributed by atoms with Crippen molar-refractivity contribution in [3.63, 3.8) is 0 Å². The molecule has 0 saturated carbocycles. The van der Waals surface area contributed by atoms with Gasteiger partial charge >= 0.3 is 0 Å². The van der Waals surface area contributed by atoms with Crippen LogP contribution < -0.4 is 0 Å². The fourth-order valence-electron chi connectivity index (χ4n) is 2.03. The molecule has 0 unspecified atom stereocenters. The molecule has 0 spiro atoms. The Kier molecular flexibility index (Phi) is 2.18. The lowest BCUT2D eigenvalue weighted by atomic mass is 10.2. The summed E-state index contributed by atoms with van der Waals surface area (Å²) in [6.07, 6.45) is 0. The molecule has 0 radical (unpaired) electrons. The summed E-state index contributed by atoms with van der Waals surface area (Å²) < 4.78 is 15.2. The molecule has 17 heavy (non-hydrogen) atoms. The Bertz CT molecular complexity index is 686. The molecular formula is C14H11FN2. The monoisotopic (exact) mass is 226 g/mol. The van der Waals surface area contributed by atoms with Crippen LogP contribution in [0.25, 0.3) is 22.4 Å². The zero-order valence-electron chi connectivity index (χ0n) is 9.39. The molecule has 1 aromatic heterocycles. The molecule has 84 valence electrons. The molecule has 0 N–H and O–H groups in total. The van der Waals surface area contributed by atoms with Crippen molar-refractivity contribution in [2.24, 2.45) is 7.05 Å². The van der Waals surface area contributed by atoms with Crippen molar-refractivity contribution >= 4 is 11.0 Å². The second kappa shape index (κ2) is 3.70. The Hall–Kier alpha value is -2.16. The molecule has 0 amide bonds. The Labute approximate surface area is 98.3 Å². The highest BCUT2D eigenvalue weighted by Crippen LogP contribution is 2.23. The van der Waals surface area contributed by atoms with Gasteiger partial charge in [-0.25, -0.2) is 9.37 Å². The molecular weight excluding hydrogens is 215 g/mol. The van der Waals surface area contributed by atoms with Crippen molar-refractivity contribution in [3.8, 4) is 11.4 Å². The number of fused-ring (bicyclic) bond motifs is 1. The zero-order valence-corrected chi connectivity index (χ0v) is 9.39. The lowest BCUT2D eigenvalue weighted by Gasteiger charge is -2.02. The number of hydrogen-bond acceptors (Lipinski definition) is 1. The summed E-state index contributed by atoms with van der Waals surface area (Å²) in [6.45, 7) is 0. The fourth-order valence-corrected chi connectivity index (χ4v) is 2.03. The van der Waals surface area contributed by atoms with Gasteiger partial charge in [0.25, 0.3) is 0 Å². The van der Waals surface area contributed by atoms with Crippen molar-refractivity contribution < 1.29 is 4.39 Å². The van der Waals surface area contributed by atoms with Crippen LogP contribution in [0.15, 0.2) is 48.5 Å². The van der Waals surface area contributed by atoms with Gasteiger partial charge in [0.15, 0.2) is 0 Å². The van der Waals surface area contributed by atoms with Crippen molar-refractivity contribution in [3.05, 3.63) is 54.3 Å². The lowest BCUT2D eigenvalue weighted by molar-refractivity contribution is 0.628. The van der Waals surface area contributed by atoms with Gasteiger partial charge in [-0.15, -0.1) is 0 Å². The first-order valence-corrected chi connectivity index (χ1v) is 5.43. The van der Waals surface area contributed by atoms with Gasteiger partial charge < -0.3 is 4.57 Å². The highest BCUT2D eigenvalue weighted by atomic mass is 19.1. The van der Waals surface area contributed by atoms with E-state index in [2.05, 4.69) is 4.98 Å². The van der Waals surface area contributed by atoms with E-state index < -0.39 is 0 Å². The number of halogens is 1. The van der Waals surface area contributed by atoms with Crippen molar-refractivity contribution in [1.29, 1.82) is 0 Å². The van der Waals surface area contributed by atoms with E-state index in [4.69, 9.17) is 0 Å². The molecule has 3 aromatic rings. The number of rotatable bonds is 1. The molecule has 2 aromatic carbocycles. The summed E-state index contributed by atoms with van der Waals surface area (Å²) in [7, 11) is 1.94. The predicted molar refractivity (Wildman–Crippen MR) is 66.1 cm³/mol. The van der Waals surface area contributed by atoms with Crippen LogP contribution in [-0.2, 0) is 7.05 Å². The summed E-state index contributed by atoms with van der Waals surface area (Å²) in [5, 5.41) is 0. The molecule has 3 rings (SSSR count). The summed E-state index contributed by atoms with van der Waals surface area (Å²) in [6, 6.07) is 14.4. The molecule has 0 aliphatic carbocycles. The van der Waals surface area contributed by atoms with Crippen LogP contribution in [0.5, 0.6) is 0 Å². The van der Waals surface area contributed by atoms with E-state index in [9.17, 15) is 4.39 Å². The number of aromatic nitrogens is 2. The van der Waals surface area contributed by atoms with Crippen LogP contribution in [0.1, 0.15) is 0 Å². The van der Waals surface area contributed by atoms with E-state index in [1.165, 1.54) is 12.1 Å². The van der Waals surface area contributed by atoms with E-state index in [0.717, 1.165) is 22.4 Å². The molecule has 1 heterocycles. The standard InChI is InChI=1S/C14H11FN2/c1-17-13-8-3-2-7-12(13)16-14(17)10-5-4-6-11(15)9-10/h2-9H,1H3. The van der Waals surface area contributed by atoms with Gasteiger partial charge in [0.1, 0.15) is 11.6 Å². The first-order valence-electron chi connectivity index (χ1n) is 5.43. The first-order chi connectivity index (χ1) is 8.25. The van der Waals surface area contributed by atoms with Gasteiger partial charge in [-0.05, 0) is 24.3 Å². The average Bonchev–Trinajstić information content (AvgIpc) is 2.68. The first kappa shape index (κ1) is 10.0. The van der Waals surface area contributed by atoms with E-state index in [0.29, 0.717) is 0 Å². The second-order valence-electron chi connectivity index (χ2n) is 3.99. The van der Waals surface area contributed by atoms with E-state index in [1.807, 2.05) is 41.9 Å². The molecule has 0 saturated heterocycles. The summed E-state index contributed by atoms with van der Waals surface area (Å²) >= 11 is 0. The smallest absolute Gasteiger partial charge is 0.140 e. The van der Waals surface area contributed by atoms with Crippen molar-refractivity contribution in [2.45, 2.75) is 0 Å². The highest BCUT2D eigenvalue weighted by molar-refractivity contribution is 5.80. The Balaban J connectivity index is 2.27. The van der Waals surface area contributed by atoms with Crippen LogP contribution in [0.2, 0.25) is 0 Å². The van der Waals surface area contributed by atoms with Crippen LogP contribution >= 0.6 is 0 Å². The number of nitrogens with zero attached hydrogens (tertiary/aromatic N) is 2. The van der Waals surface area contributed by atoms with Crippen LogP contribution in [0.4, 0.5) is 4.39 Å². The maximum absolute atomic E-state index is 13.2. The van der Waals surface area contributed by atoms with Crippen LogP contribution in [0.3, 0.4) is 0 Å². The van der Waals surface area contributed by atoms with Gasteiger partial charge in [-0.3, -0.25) is 0 Å². The minimum absolute atomic E-state index is 0.241. The van der Waals surface area contributed by atoms with E-state index >= 15 is 0 Å². The number of benzene rings is 2. The number of imidazole rings is 1. The maximum atomic E-state index is 13.2. The minimum atomic E-state index is -0.241. The largest absolute Gasteiger partial charge is 0.327 e. The molecule has 0 aliphatic heterocycles. The third-order valence-corrected chi connectivity index (χ3v) is 2.87. The van der Waals surface area contributed by atoms with Gasteiger partial charge in [-0.2, -0.15) is 0 Å². The van der Waals surface area contributed by atoms with E-state index in [-0.39, 0.29) is 5.82 Å².